The van der Waals surface area contributed by atoms with Gasteiger partial charge in [0.05, 0.1) is 18.5 Å². The van der Waals surface area contributed by atoms with Gasteiger partial charge in [-0.3, -0.25) is 9.59 Å². The molecule has 1 unspecified atom stereocenters. The molecule has 1 atom stereocenters. The van der Waals surface area contributed by atoms with Crippen LogP contribution in [0.5, 0.6) is 0 Å². The van der Waals surface area contributed by atoms with E-state index >= 15 is 0 Å². The smallest absolute Gasteiger partial charge is 0.277 e. The Morgan fingerprint density at radius 3 is 2.75 bits per heavy atom. The van der Waals surface area contributed by atoms with Crippen LogP contribution in [-0.4, -0.2) is 45.5 Å². The van der Waals surface area contributed by atoms with E-state index in [1.54, 1.807) is 18.2 Å². The summed E-state index contributed by atoms with van der Waals surface area (Å²) in [5.74, 6) is 0.0750. The predicted octanol–water partition coefficient (Wildman–Crippen LogP) is 2.17. The quantitative estimate of drug-likeness (QED) is 0.680. The van der Waals surface area contributed by atoms with Crippen molar-refractivity contribution in [1.29, 1.82) is 0 Å². The Hall–Kier alpha value is -3.06. The minimum absolute atomic E-state index is 0.0750. The van der Waals surface area contributed by atoms with Gasteiger partial charge in [0.2, 0.25) is 5.91 Å². The molecule has 4 rings (SSSR count). The first kappa shape index (κ1) is 18.3. The number of rotatable bonds is 5. The number of hydrogen-bond donors (Lipinski definition) is 0. The Morgan fingerprint density at radius 2 is 1.89 bits per heavy atom. The van der Waals surface area contributed by atoms with E-state index in [4.69, 9.17) is 4.74 Å². The van der Waals surface area contributed by atoms with Gasteiger partial charge in [-0.25, -0.2) is 4.68 Å². The maximum absolute atomic E-state index is 12.6. The summed E-state index contributed by atoms with van der Waals surface area (Å²) >= 11 is 0. The van der Waals surface area contributed by atoms with E-state index in [-0.39, 0.29) is 17.6 Å². The van der Waals surface area contributed by atoms with Crippen molar-refractivity contribution in [3.63, 3.8) is 0 Å². The van der Waals surface area contributed by atoms with Crippen molar-refractivity contribution in [3.05, 3.63) is 70.5 Å². The molecule has 1 fully saturated rings. The predicted molar refractivity (Wildman–Crippen MR) is 105 cm³/mol. The maximum Gasteiger partial charge on any atom is 0.277 e. The molecule has 7 heteroatoms. The van der Waals surface area contributed by atoms with Gasteiger partial charge in [0.1, 0.15) is 11.6 Å². The summed E-state index contributed by atoms with van der Waals surface area (Å²) in [6.45, 7) is 2.05. The number of fused-ring (bicyclic) bond motifs is 1. The second-order valence-electron chi connectivity index (χ2n) is 6.85. The number of nitrogens with zero attached hydrogens (tertiary/aromatic N) is 4. The van der Waals surface area contributed by atoms with Gasteiger partial charge in [-0.1, -0.05) is 47.7 Å². The lowest BCUT2D eigenvalue weighted by Gasteiger charge is -2.33. The second kappa shape index (κ2) is 8.31. The van der Waals surface area contributed by atoms with Gasteiger partial charge in [0.25, 0.3) is 5.56 Å². The van der Waals surface area contributed by atoms with Crippen molar-refractivity contribution < 1.29 is 9.53 Å². The number of hydrogen-bond acceptors (Lipinski definition) is 5. The van der Waals surface area contributed by atoms with E-state index in [9.17, 15) is 9.59 Å². The van der Waals surface area contributed by atoms with Crippen LogP contribution < -0.4 is 5.56 Å². The Morgan fingerprint density at radius 1 is 1.11 bits per heavy atom. The molecule has 2 heterocycles. The Bertz CT molecular complexity index is 1020. The van der Waals surface area contributed by atoms with E-state index < -0.39 is 0 Å². The summed E-state index contributed by atoms with van der Waals surface area (Å²) in [5.41, 5.74) is 1.49. The summed E-state index contributed by atoms with van der Waals surface area (Å²) in [7, 11) is 0. The highest BCUT2D eigenvalue weighted by Gasteiger charge is 2.24. The number of aromatic nitrogens is 3. The van der Waals surface area contributed by atoms with Gasteiger partial charge in [-0.15, -0.1) is 5.10 Å². The van der Waals surface area contributed by atoms with Crippen LogP contribution >= 0.6 is 0 Å². The number of benzene rings is 2. The van der Waals surface area contributed by atoms with Crippen LogP contribution in [-0.2, 0) is 16.1 Å². The Kier molecular flexibility index (Phi) is 5.43. The summed E-state index contributed by atoms with van der Waals surface area (Å²) in [4.78, 5) is 26.9. The minimum Gasteiger partial charge on any atom is -0.370 e. The standard InChI is InChI=1S/C21H22N4O3/c26-20(24-13-14-28-19(15-24)16-7-2-1-3-8-16)11-6-12-25-21(27)17-9-4-5-10-18(17)22-23-25/h1-5,7-10,19H,6,11-15H2. The average Bonchev–Trinajstić information content (AvgIpc) is 2.76. The van der Waals surface area contributed by atoms with Gasteiger partial charge in [0.15, 0.2) is 0 Å². The third kappa shape index (κ3) is 3.94. The highest BCUT2D eigenvalue weighted by molar-refractivity contribution is 5.77. The largest absolute Gasteiger partial charge is 0.370 e. The maximum atomic E-state index is 12.6. The van der Waals surface area contributed by atoms with E-state index in [0.717, 1.165) is 5.56 Å². The number of morpholine rings is 1. The molecule has 3 aromatic rings. The molecule has 1 amide bonds. The molecule has 0 saturated carbocycles. The normalized spacial score (nSPS) is 17.0. The first-order chi connectivity index (χ1) is 13.7. The average molecular weight is 378 g/mol. The molecule has 1 aliphatic heterocycles. The third-order valence-electron chi connectivity index (χ3n) is 4.98. The van der Waals surface area contributed by atoms with Gasteiger partial charge in [-0.05, 0) is 24.1 Å². The lowest BCUT2D eigenvalue weighted by molar-refractivity contribution is -0.139. The van der Waals surface area contributed by atoms with Gasteiger partial charge in [-0.2, -0.15) is 0 Å². The molecule has 1 aromatic heterocycles. The summed E-state index contributed by atoms with van der Waals surface area (Å²) in [5, 5.41) is 8.60. The number of ether oxygens (including phenoxy) is 1. The second-order valence-corrected chi connectivity index (χ2v) is 6.85. The highest BCUT2D eigenvalue weighted by atomic mass is 16.5. The van der Waals surface area contributed by atoms with Crippen molar-refractivity contribution in [1.82, 2.24) is 19.9 Å². The first-order valence-corrected chi connectivity index (χ1v) is 9.49. The SMILES string of the molecule is O=C(CCCn1nnc2ccccc2c1=O)N1CCOC(c2ccccc2)C1. The molecule has 1 saturated heterocycles. The molecule has 2 aromatic carbocycles. The minimum atomic E-state index is -0.173. The molecule has 0 bridgehead atoms. The zero-order chi connectivity index (χ0) is 19.3. The fraction of sp³-hybridized carbons (Fsp3) is 0.333. The lowest BCUT2D eigenvalue weighted by Crippen LogP contribution is -2.42. The first-order valence-electron chi connectivity index (χ1n) is 9.49. The Labute approximate surface area is 162 Å². The topological polar surface area (TPSA) is 77.3 Å². The molecule has 0 radical (unpaired) electrons. The number of aryl methyl sites for hydroxylation is 1. The van der Waals surface area contributed by atoms with Crippen LogP contribution in [0, 0.1) is 0 Å². The Balaban J connectivity index is 1.34. The van der Waals surface area contributed by atoms with Crippen molar-refractivity contribution in [3.8, 4) is 0 Å². The van der Waals surface area contributed by atoms with E-state index in [1.165, 1.54) is 4.68 Å². The molecular weight excluding hydrogens is 356 g/mol. The summed E-state index contributed by atoms with van der Waals surface area (Å²) in [6, 6.07) is 17.1. The molecule has 144 valence electrons. The van der Waals surface area contributed by atoms with Gasteiger partial charge >= 0.3 is 0 Å². The van der Waals surface area contributed by atoms with Gasteiger partial charge in [0, 0.05) is 19.5 Å². The zero-order valence-corrected chi connectivity index (χ0v) is 15.5. The van der Waals surface area contributed by atoms with E-state index in [1.807, 2.05) is 41.3 Å². The van der Waals surface area contributed by atoms with Crippen molar-refractivity contribution in [2.45, 2.75) is 25.5 Å². The lowest BCUT2D eigenvalue weighted by atomic mass is 10.1. The van der Waals surface area contributed by atoms with Crippen molar-refractivity contribution >= 4 is 16.8 Å². The van der Waals surface area contributed by atoms with Crippen LogP contribution in [0.2, 0.25) is 0 Å². The van der Waals surface area contributed by atoms with E-state index in [0.29, 0.717) is 50.0 Å². The van der Waals surface area contributed by atoms with Crippen LogP contribution in [0.25, 0.3) is 10.9 Å². The monoisotopic (exact) mass is 378 g/mol. The number of carbonyl (C=O) groups excluding carboxylic acids is 1. The zero-order valence-electron chi connectivity index (χ0n) is 15.5. The van der Waals surface area contributed by atoms with Crippen LogP contribution in [0.3, 0.4) is 0 Å². The molecule has 28 heavy (non-hydrogen) atoms. The number of carbonyl (C=O) groups is 1. The molecule has 0 aliphatic carbocycles. The van der Waals surface area contributed by atoms with Crippen LogP contribution in [0.15, 0.2) is 59.4 Å². The molecular formula is C21H22N4O3. The number of amides is 1. The third-order valence-corrected chi connectivity index (χ3v) is 4.98. The molecule has 7 nitrogen and oxygen atoms in total. The van der Waals surface area contributed by atoms with Crippen molar-refractivity contribution in [2.24, 2.45) is 0 Å². The summed E-state index contributed by atoms with van der Waals surface area (Å²) < 4.78 is 7.15. The van der Waals surface area contributed by atoms with Crippen LogP contribution in [0.1, 0.15) is 24.5 Å². The fourth-order valence-electron chi connectivity index (χ4n) is 3.45. The summed E-state index contributed by atoms with van der Waals surface area (Å²) in [6.07, 6.45) is 0.814. The highest BCUT2D eigenvalue weighted by Crippen LogP contribution is 2.22. The van der Waals surface area contributed by atoms with Gasteiger partial charge < -0.3 is 9.64 Å². The molecule has 0 spiro atoms. The molecule has 0 N–H and O–H groups in total. The van der Waals surface area contributed by atoms with Crippen LogP contribution in [0.4, 0.5) is 0 Å². The molecule has 1 aliphatic rings. The fourth-order valence-corrected chi connectivity index (χ4v) is 3.45. The van der Waals surface area contributed by atoms with Crippen molar-refractivity contribution in [2.75, 3.05) is 19.7 Å². The van der Waals surface area contributed by atoms with E-state index in [2.05, 4.69) is 10.3 Å².